The molecular weight excluding hydrogens is 270 g/mol. The molecule has 19 heavy (non-hydrogen) atoms. The van der Waals surface area contributed by atoms with E-state index in [1.54, 1.807) is 0 Å². The standard InChI is InChI=1S/C13H16ClNO4/c1-13(2)8-6-11(17)10(16)5-7(8)4-9(15(13)14)12(18)19-3/h5-6,9,16-17H,4H2,1-3H3/t9-/m1/s1. The second-order valence-electron chi connectivity index (χ2n) is 5.11. The molecule has 1 aromatic carbocycles. The number of hydrogen-bond acceptors (Lipinski definition) is 5. The fourth-order valence-corrected chi connectivity index (χ4v) is 2.70. The van der Waals surface area contributed by atoms with Gasteiger partial charge in [-0.1, -0.05) is 0 Å². The van der Waals surface area contributed by atoms with Gasteiger partial charge in [0.2, 0.25) is 0 Å². The summed E-state index contributed by atoms with van der Waals surface area (Å²) in [7, 11) is 1.31. The van der Waals surface area contributed by atoms with E-state index in [1.807, 2.05) is 13.8 Å². The van der Waals surface area contributed by atoms with E-state index in [0.717, 1.165) is 11.1 Å². The molecule has 1 aliphatic heterocycles. The zero-order chi connectivity index (χ0) is 14.4. The zero-order valence-corrected chi connectivity index (χ0v) is 11.7. The Morgan fingerprint density at radius 3 is 2.58 bits per heavy atom. The summed E-state index contributed by atoms with van der Waals surface area (Å²) in [5.41, 5.74) is 0.879. The molecule has 104 valence electrons. The number of carbonyl (C=O) groups is 1. The van der Waals surface area contributed by atoms with Crippen molar-refractivity contribution >= 4 is 17.7 Å². The maximum Gasteiger partial charge on any atom is 0.324 e. The number of methoxy groups -OCH3 is 1. The van der Waals surface area contributed by atoms with Gasteiger partial charge in [0.15, 0.2) is 11.5 Å². The number of carbonyl (C=O) groups excluding carboxylic acids is 1. The molecular formula is C13H16ClNO4. The summed E-state index contributed by atoms with van der Waals surface area (Å²) in [5.74, 6) is -0.837. The Hall–Kier alpha value is -1.46. The minimum Gasteiger partial charge on any atom is -0.504 e. The zero-order valence-electron chi connectivity index (χ0n) is 11.0. The van der Waals surface area contributed by atoms with Crippen LogP contribution in [0.2, 0.25) is 0 Å². The minimum atomic E-state index is -0.667. The largest absolute Gasteiger partial charge is 0.504 e. The van der Waals surface area contributed by atoms with E-state index in [2.05, 4.69) is 0 Å². The predicted molar refractivity (Wildman–Crippen MR) is 70.0 cm³/mol. The van der Waals surface area contributed by atoms with Crippen molar-refractivity contribution in [3.63, 3.8) is 0 Å². The fraction of sp³-hybridized carbons (Fsp3) is 0.462. The Bertz CT molecular complexity index is 530. The molecule has 1 aliphatic rings. The number of ether oxygens (including phenoxy) is 1. The summed E-state index contributed by atoms with van der Waals surface area (Å²) in [4.78, 5) is 11.8. The molecule has 0 saturated heterocycles. The number of halogens is 1. The van der Waals surface area contributed by atoms with E-state index < -0.39 is 17.6 Å². The van der Waals surface area contributed by atoms with Crippen LogP contribution in [-0.2, 0) is 21.5 Å². The lowest BCUT2D eigenvalue weighted by Crippen LogP contribution is -2.51. The first-order valence-corrected chi connectivity index (χ1v) is 6.21. The average Bonchev–Trinajstić information content (AvgIpc) is 2.36. The van der Waals surface area contributed by atoms with Gasteiger partial charge in [0, 0.05) is 6.42 Å². The first-order valence-electron chi connectivity index (χ1n) is 5.87. The van der Waals surface area contributed by atoms with Crippen LogP contribution >= 0.6 is 11.8 Å². The predicted octanol–water partition coefficient (Wildman–Crippen LogP) is 1.89. The first-order chi connectivity index (χ1) is 8.78. The number of phenolic OH excluding ortho intramolecular Hbond substituents is 2. The van der Waals surface area contributed by atoms with E-state index >= 15 is 0 Å². The van der Waals surface area contributed by atoms with Crippen LogP contribution in [0, 0.1) is 0 Å². The van der Waals surface area contributed by atoms with Crippen LogP contribution in [0.5, 0.6) is 11.5 Å². The number of nitrogens with zero attached hydrogens (tertiary/aromatic N) is 1. The van der Waals surface area contributed by atoms with E-state index in [0.29, 0.717) is 6.42 Å². The van der Waals surface area contributed by atoms with Crippen molar-refractivity contribution in [1.82, 2.24) is 4.42 Å². The molecule has 0 amide bonds. The van der Waals surface area contributed by atoms with E-state index in [-0.39, 0.29) is 11.5 Å². The molecule has 2 N–H and O–H groups in total. The van der Waals surface area contributed by atoms with Crippen molar-refractivity contribution < 1.29 is 19.7 Å². The maximum absolute atomic E-state index is 11.8. The second kappa shape index (κ2) is 4.58. The normalized spacial score (nSPS) is 21.8. The van der Waals surface area contributed by atoms with Gasteiger partial charge in [0.05, 0.1) is 12.6 Å². The van der Waals surface area contributed by atoms with Gasteiger partial charge in [-0.15, -0.1) is 0 Å². The highest BCUT2D eigenvalue weighted by molar-refractivity contribution is 6.15. The lowest BCUT2D eigenvalue weighted by Gasteiger charge is -2.43. The third kappa shape index (κ3) is 2.13. The highest BCUT2D eigenvalue weighted by atomic mass is 35.5. The van der Waals surface area contributed by atoms with Crippen molar-refractivity contribution in [2.75, 3.05) is 7.11 Å². The molecule has 0 saturated carbocycles. The monoisotopic (exact) mass is 285 g/mol. The van der Waals surface area contributed by atoms with Gasteiger partial charge in [-0.2, -0.15) is 4.42 Å². The van der Waals surface area contributed by atoms with Crippen molar-refractivity contribution in [1.29, 1.82) is 0 Å². The van der Waals surface area contributed by atoms with Crippen LogP contribution in [0.15, 0.2) is 12.1 Å². The van der Waals surface area contributed by atoms with E-state index in [1.165, 1.54) is 23.7 Å². The molecule has 1 heterocycles. The Morgan fingerprint density at radius 2 is 2.00 bits per heavy atom. The number of phenols is 2. The number of rotatable bonds is 1. The van der Waals surface area contributed by atoms with Crippen LogP contribution in [-0.4, -0.2) is 33.8 Å². The van der Waals surface area contributed by atoms with E-state index in [9.17, 15) is 15.0 Å². The summed E-state index contributed by atoms with van der Waals surface area (Å²) in [5, 5.41) is 19.2. The molecule has 1 atom stereocenters. The molecule has 1 aromatic rings. The van der Waals surface area contributed by atoms with Crippen molar-refractivity contribution in [3.8, 4) is 11.5 Å². The molecule has 0 radical (unpaired) electrons. The third-order valence-electron chi connectivity index (χ3n) is 3.55. The van der Waals surface area contributed by atoms with Crippen molar-refractivity contribution in [3.05, 3.63) is 23.3 Å². The van der Waals surface area contributed by atoms with Gasteiger partial charge in [0.25, 0.3) is 0 Å². The summed E-state index contributed by atoms with van der Waals surface area (Å²) >= 11 is 6.26. The SMILES string of the molecule is COC(=O)[C@H]1Cc2cc(O)c(O)cc2C(C)(C)N1Cl. The van der Waals surface area contributed by atoms with Crippen molar-refractivity contribution in [2.24, 2.45) is 0 Å². The van der Waals surface area contributed by atoms with Gasteiger partial charge >= 0.3 is 5.97 Å². The molecule has 0 aliphatic carbocycles. The lowest BCUT2D eigenvalue weighted by molar-refractivity contribution is -0.147. The number of aromatic hydroxyl groups is 2. The minimum absolute atomic E-state index is 0.201. The van der Waals surface area contributed by atoms with Crippen LogP contribution in [0.1, 0.15) is 25.0 Å². The highest BCUT2D eigenvalue weighted by Gasteiger charge is 2.43. The molecule has 0 aromatic heterocycles. The summed E-state index contributed by atoms with van der Waals surface area (Å²) < 4.78 is 6.15. The number of esters is 1. The summed E-state index contributed by atoms with van der Waals surface area (Å²) in [6.45, 7) is 3.68. The molecule has 2 rings (SSSR count). The second-order valence-corrected chi connectivity index (χ2v) is 5.48. The third-order valence-corrected chi connectivity index (χ3v) is 4.21. The maximum atomic E-state index is 11.8. The highest BCUT2D eigenvalue weighted by Crippen LogP contribution is 2.43. The van der Waals surface area contributed by atoms with Gasteiger partial charge < -0.3 is 14.9 Å². The molecule has 0 spiro atoms. The number of benzene rings is 1. The Balaban J connectivity index is 2.55. The molecule has 6 heteroatoms. The van der Waals surface area contributed by atoms with Gasteiger partial charge in [-0.05, 0) is 48.9 Å². The van der Waals surface area contributed by atoms with Crippen LogP contribution in [0.25, 0.3) is 0 Å². The lowest BCUT2D eigenvalue weighted by atomic mass is 9.82. The average molecular weight is 286 g/mol. The molecule has 0 unspecified atom stereocenters. The first kappa shape index (κ1) is 14.0. The topological polar surface area (TPSA) is 70.0 Å². The van der Waals surface area contributed by atoms with Crippen molar-refractivity contribution in [2.45, 2.75) is 31.8 Å². The van der Waals surface area contributed by atoms with Gasteiger partial charge in [-0.3, -0.25) is 4.79 Å². The Kier molecular flexibility index (Phi) is 3.36. The summed E-state index contributed by atoms with van der Waals surface area (Å²) in [6.07, 6.45) is 0.322. The molecule has 5 nitrogen and oxygen atoms in total. The van der Waals surface area contributed by atoms with Crippen LogP contribution in [0.4, 0.5) is 0 Å². The van der Waals surface area contributed by atoms with Crippen LogP contribution in [0.3, 0.4) is 0 Å². The quantitative estimate of drug-likeness (QED) is 0.468. The number of fused-ring (bicyclic) bond motifs is 1. The Morgan fingerprint density at radius 1 is 1.42 bits per heavy atom. The fourth-order valence-electron chi connectivity index (χ4n) is 2.46. The van der Waals surface area contributed by atoms with Crippen LogP contribution < -0.4 is 0 Å². The Labute approximate surface area is 116 Å². The van der Waals surface area contributed by atoms with Gasteiger partial charge in [-0.25, -0.2) is 0 Å². The van der Waals surface area contributed by atoms with E-state index in [4.69, 9.17) is 16.5 Å². The molecule has 0 bridgehead atoms. The smallest absolute Gasteiger partial charge is 0.324 e. The molecule has 0 fully saturated rings. The number of hydrogen-bond donors (Lipinski definition) is 2. The summed E-state index contributed by atoms with van der Waals surface area (Å²) in [6, 6.07) is 2.32. The van der Waals surface area contributed by atoms with Gasteiger partial charge in [0.1, 0.15) is 6.04 Å².